The summed E-state index contributed by atoms with van der Waals surface area (Å²) in [6, 6.07) is 17.8. The van der Waals surface area contributed by atoms with E-state index in [9.17, 15) is 91.1 Å². The summed E-state index contributed by atoms with van der Waals surface area (Å²) in [7, 11) is 0. The van der Waals surface area contributed by atoms with Crippen molar-refractivity contribution in [3.63, 3.8) is 0 Å². The summed E-state index contributed by atoms with van der Waals surface area (Å²) < 4.78 is 44.4. The van der Waals surface area contributed by atoms with E-state index in [1.807, 2.05) is 20.8 Å². The molecule has 820 valence electrons. The maximum atomic E-state index is 14.0. The lowest BCUT2D eigenvalue weighted by molar-refractivity contribution is -0.166. The van der Waals surface area contributed by atoms with Crippen molar-refractivity contribution in [1.82, 2.24) is 34.3 Å². The number of ether oxygens (including phenoxy) is 8. The Morgan fingerprint density at radius 2 is 0.638 bits per heavy atom. The first kappa shape index (κ1) is 123. The van der Waals surface area contributed by atoms with Gasteiger partial charge in [0.05, 0.1) is 35.5 Å². The molecule has 6 saturated heterocycles. The van der Waals surface area contributed by atoms with E-state index in [0.29, 0.717) is 150 Å². The van der Waals surface area contributed by atoms with Gasteiger partial charge in [-0.15, -0.1) is 0 Å². The summed E-state index contributed by atoms with van der Waals surface area (Å²) in [5.41, 5.74) is -1.97. The first-order valence-electron chi connectivity index (χ1n) is 52.0. The summed E-state index contributed by atoms with van der Waals surface area (Å²) in [5.74, 6) is -12.8. The molecule has 0 saturated carbocycles. The second-order valence-electron chi connectivity index (χ2n) is 42.3. The Bertz CT molecular complexity index is 4960. The highest BCUT2D eigenvalue weighted by Crippen LogP contribution is 2.36. The molecule has 9 rings (SSSR count). The molecule has 6 heterocycles. The summed E-state index contributed by atoms with van der Waals surface area (Å²) in [6.07, 6.45) is 14.7. The average molecular weight is 2080 g/mol. The van der Waals surface area contributed by atoms with Crippen molar-refractivity contribution in [2.24, 2.45) is 16.2 Å². The molecule has 6 atom stereocenters. The van der Waals surface area contributed by atoms with Crippen LogP contribution in [0.15, 0.2) is 111 Å². The van der Waals surface area contributed by atoms with Crippen LogP contribution in [-0.2, 0) is 124 Å². The number of likely N-dealkylation sites (tertiary alicyclic amines) is 5. The quantitative estimate of drug-likeness (QED) is 0.0152. The molecule has 6 fully saturated rings. The summed E-state index contributed by atoms with van der Waals surface area (Å²) in [5, 5.41) is 26.0. The number of benzene rings is 3. The third-order valence-electron chi connectivity index (χ3n) is 26.0. The van der Waals surface area contributed by atoms with E-state index in [1.165, 1.54) is 69.1 Å². The van der Waals surface area contributed by atoms with Crippen molar-refractivity contribution in [1.29, 1.82) is 0 Å². The lowest BCUT2D eigenvalue weighted by Gasteiger charge is -2.36. The largest absolute Gasteiger partial charge is 0.481 e. The Balaban J connectivity index is 0.000000305. The topological polar surface area (TPSA) is 497 Å². The molecule has 6 aliphatic heterocycles. The van der Waals surface area contributed by atoms with Gasteiger partial charge in [0, 0.05) is 100 Å². The van der Waals surface area contributed by atoms with Gasteiger partial charge in [0.15, 0.2) is 0 Å². The number of piperidine rings is 5. The molecule has 3 aromatic rings. The van der Waals surface area contributed by atoms with Gasteiger partial charge >= 0.3 is 59.8 Å². The van der Waals surface area contributed by atoms with E-state index in [0.717, 1.165) is 96.0 Å². The molecule has 0 unspecified atom stereocenters. The fourth-order valence-corrected chi connectivity index (χ4v) is 17.7. The normalized spacial score (nSPS) is 17.5. The lowest BCUT2D eigenvalue weighted by atomic mass is 9.87. The van der Waals surface area contributed by atoms with Crippen LogP contribution in [0.25, 0.3) is 0 Å². The van der Waals surface area contributed by atoms with Gasteiger partial charge in [-0.2, -0.15) is 0 Å². The number of nitrogens with one attached hydrogen (secondary N) is 3. The molecule has 149 heavy (non-hydrogen) atoms. The first-order valence-corrected chi connectivity index (χ1v) is 52.0. The lowest BCUT2D eigenvalue weighted by Crippen LogP contribution is -2.53. The van der Waals surface area contributed by atoms with Crippen LogP contribution >= 0.6 is 0 Å². The number of carbonyl (C=O) groups excluding carboxylic acids is 17. The number of carboxylic acids is 2. The molecule has 0 aliphatic carbocycles. The molecule has 39 heteroatoms. The molecule has 39 nitrogen and oxygen atoms in total. The number of carbonyl (C=O) groups is 19. The van der Waals surface area contributed by atoms with Crippen LogP contribution < -0.4 is 16.0 Å². The number of esters is 7. The number of rotatable bonds is 48. The Morgan fingerprint density at radius 3 is 0.919 bits per heavy atom. The molecule has 0 aromatic heterocycles. The van der Waals surface area contributed by atoms with Gasteiger partial charge in [0.25, 0.3) is 17.7 Å². The third kappa shape index (κ3) is 42.6. The molecule has 5 N–H and O–H groups in total. The molecule has 6 aliphatic rings. The van der Waals surface area contributed by atoms with Gasteiger partial charge < -0.3 is 93.5 Å². The first-order chi connectivity index (χ1) is 70.4. The van der Waals surface area contributed by atoms with Crippen LogP contribution in [0.3, 0.4) is 0 Å². The van der Waals surface area contributed by atoms with E-state index >= 15 is 0 Å². The minimum absolute atomic E-state index is 0.0868. The number of ketones is 3. The van der Waals surface area contributed by atoms with Crippen LogP contribution in [0.5, 0.6) is 0 Å². The van der Waals surface area contributed by atoms with Crippen LogP contribution in [-0.4, -0.2) is 298 Å². The highest BCUT2D eigenvalue weighted by Gasteiger charge is 2.47. The minimum atomic E-state index is -1.35. The number of Topliss-reactive ketones (excluding diaryl/α,β-unsaturated/α-hetero) is 3. The molecular weight excluding hydrogens is 1930 g/mol. The monoisotopic (exact) mass is 2080 g/mol. The van der Waals surface area contributed by atoms with Gasteiger partial charge in [-0.1, -0.05) is 69.0 Å². The van der Waals surface area contributed by atoms with Crippen molar-refractivity contribution >= 4 is 130 Å². The fourth-order valence-electron chi connectivity index (χ4n) is 17.7. The summed E-state index contributed by atoms with van der Waals surface area (Å²) in [4.78, 5) is 253. The van der Waals surface area contributed by atoms with E-state index < -0.39 is 164 Å². The zero-order chi connectivity index (χ0) is 110. The number of hydrogen-bond acceptors (Lipinski definition) is 30. The summed E-state index contributed by atoms with van der Waals surface area (Å²) >= 11 is 0. The van der Waals surface area contributed by atoms with Crippen LogP contribution in [0, 0.1) is 16.2 Å². The van der Waals surface area contributed by atoms with Crippen molar-refractivity contribution in [3.8, 4) is 0 Å². The maximum absolute atomic E-state index is 14.0. The van der Waals surface area contributed by atoms with Gasteiger partial charge in [0.1, 0.15) is 67.5 Å². The van der Waals surface area contributed by atoms with E-state index in [4.69, 9.17) is 48.1 Å². The number of hydrogen-bond donors (Lipinski definition) is 5. The Labute approximate surface area is 874 Å². The zero-order valence-corrected chi connectivity index (χ0v) is 88.9. The average Bonchev–Trinajstić information content (AvgIpc) is 0.805. The van der Waals surface area contributed by atoms with Crippen molar-refractivity contribution < 1.29 is 139 Å². The van der Waals surface area contributed by atoms with Crippen LogP contribution in [0.2, 0.25) is 0 Å². The SMILES string of the molecule is C=CC(=O)OCC(C)(C)C(=O)C(=O)N1CCCC[C@H]1C(=O)O[C@H](CCCN1CCCCC1)c1cccc(NC(=O)CCC(=O)O)c1.C=CC(=O)OCC(C)(C)C(=O)C(=O)N1CCCC[C@H]1C(=O)O[C@H](CCCN1CCCCC1)c1cccc(NC(=O)CCC(=O)O)c1.C=CC(=O)OCC(C)(C)C(=O)C(=O)N1CCCC[C@H]1C(=O)O[C@H](CCCN1CCN(C(=O)OC(C)(C)C)CC1)c1cccc(NC(=O)CCC(=O)OC(C)(C)C)c1. The van der Waals surface area contributed by atoms with Crippen molar-refractivity contribution in [3.05, 3.63) is 127 Å². The molecule has 3 aromatic carbocycles. The fraction of sp³-hybridized carbons (Fsp3) is 0.609. The molecule has 0 radical (unpaired) electrons. The minimum Gasteiger partial charge on any atom is -0.481 e. The maximum Gasteiger partial charge on any atom is 0.410 e. The van der Waals surface area contributed by atoms with Crippen LogP contribution in [0.1, 0.15) is 291 Å². The van der Waals surface area contributed by atoms with Crippen molar-refractivity contribution in [2.75, 3.05) is 127 Å². The summed E-state index contributed by atoms with van der Waals surface area (Å²) in [6.45, 7) is 38.2. The van der Waals surface area contributed by atoms with E-state index in [1.54, 1.807) is 98.5 Å². The highest BCUT2D eigenvalue weighted by molar-refractivity contribution is 6.39. The molecule has 7 amide bonds. The van der Waals surface area contributed by atoms with Gasteiger partial charge in [-0.3, -0.25) is 62.4 Å². The van der Waals surface area contributed by atoms with Gasteiger partial charge in [0.2, 0.25) is 35.1 Å². The number of aliphatic carboxylic acids is 2. The molecule has 0 spiro atoms. The Kier molecular flexibility index (Phi) is 49.6. The second kappa shape index (κ2) is 60.1. The third-order valence-corrected chi connectivity index (χ3v) is 26.0. The number of nitrogens with zero attached hydrogens (tertiary/aromatic N) is 7. The van der Waals surface area contributed by atoms with Gasteiger partial charge in [-0.25, -0.2) is 33.6 Å². The predicted molar refractivity (Wildman–Crippen MR) is 551 cm³/mol. The van der Waals surface area contributed by atoms with Crippen LogP contribution in [0.4, 0.5) is 21.9 Å². The standard InChI is InChI=1S/C42H62N4O11.2C34H47N3O9/c1-10-34(48)54-28-42(8,9)36(50)37(51)46-22-12-11-17-31(46)38(52)55-32(18-14-21-44-23-25-45(26-24-44)39(53)57-41(5,6)7)29-15-13-16-30(27-29)43-33(47)19-20-35(49)56-40(2,3)4;2*1-4-30(41)45-23-34(2,3)31(42)32(43)37-21-9-6-14-26(37)33(44)46-27(15-11-20-36-18-7-5-8-19-36)24-12-10-13-25(22-24)35-28(38)16-17-29(39)40/h10,13,15-16,27,31-32H,1,11-12,14,17-26,28H2,2-9H3,(H,43,47);2*4,10,12-13,22,26-27H,1,5-9,11,14-21,23H2,2-3H3,(H,35,38)(H,39,40)/t31-,32+;2*26-,27+/m000/s1. The Hall–Kier alpha value is -12.9. The number of piperazine rings is 1. The van der Waals surface area contributed by atoms with Crippen molar-refractivity contribution in [2.45, 2.75) is 304 Å². The number of amides is 7. The molecular formula is C110H156N10O29. The number of anilines is 3. The Morgan fingerprint density at radius 1 is 0.356 bits per heavy atom. The molecule has 0 bridgehead atoms. The smallest absolute Gasteiger partial charge is 0.410 e. The van der Waals surface area contributed by atoms with Gasteiger partial charge in [-0.05, 0) is 304 Å². The number of carboxylic acid groups (broad SMARTS) is 2. The second-order valence-corrected chi connectivity index (χ2v) is 42.3. The van der Waals surface area contributed by atoms with E-state index in [-0.39, 0.29) is 90.0 Å². The highest BCUT2D eigenvalue weighted by atomic mass is 16.6. The predicted octanol–water partition coefficient (Wildman–Crippen LogP) is 13.5. The van der Waals surface area contributed by atoms with E-state index in [2.05, 4.69) is 50.4 Å². The zero-order valence-electron chi connectivity index (χ0n) is 88.9.